The average molecular weight is 430 g/mol. The summed E-state index contributed by atoms with van der Waals surface area (Å²) in [5.74, 6) is -0.878. The summed E-state index contributed by atoms with van der Waals surface area (Å²) in [5, 5.41) is 11.5. The number of likely N-dealkylation sites (tertiary alicyclic amines) is 1. The van der Waals surface area contributed by atoms with Crippen molar-refractivity contribution in [3.63, 3.8) is 0 Å². The highest BCUT2D eigenvalue weighted by Crippen LogP contribution is 2.43. The molecule has 0 bridgehead atoms. The van der Waals surface area contributed by atoms with E-state index in [9.17, 15) is 14.7 Å². The number of ketones is 1. The number of benzene rings is 2. The fraction of sp³-hybridized carbons (Fsp3) is 0.304. The van der Waals surface area contributed by atoms with Crippen LogP contribution in [0.15, 0.2) is 42.0 Å². The lowest BCUT2D eigenvalue weighted by Gasteiger charge is -2.25. The SMILES string of the molecule is CCCN1C(=O)C(=O)/C(=C(/O)c2cc(C)cc(Cl)c2OC)C1c1cccc(OC)c1. The van der Waals surface area contributed by atoms with Gasteiger partial charge in [0.2, 0.25) is 0 Å². The lowest BCUT2D eigenvalue weighted by Crippen LogP contribution is -2.30. The van der Waals surface area contributed by atoms with Gasteiger partial charge in [-0.2, -0.15) is 0 Å². The zero-order chi connectivity index (χ0) is 22.0. The Morgan fingerprint density at radius 3 is 2.53 bits per heavy atom. The number of halogens is 1. The number of aryl methyl sites for hydroxylation is 1. The number of aliphatic hydroxyl groups excluding tert-OH is 1. The third-order valence-electron chi connectivity index (χ3n) is 5.06. The van der Waals surface area contributed by atoms with Crippen LogP contribution in [0.25, 0.3) is 5.76 Å². The number of hydrogen-bond acceptors (Lipinski definition) is 5. The first kappa shape index (κ1) is 21.7. The molecule has 2 aromatic carbocycles. The van der Waals surface area contributed by atoms with E-state index in [4.69, 9.17) is 21.1 Å². The van der Waals surface area contributed by atoms with E-state index < -0.39 is 17.7 Å². The molecular weight excluding hydrogens is 406 g/mol. The Hall–Kier alpha value is -2.99. The fourth-order valence-electron chi connectivity index (χ4n) is 3.77. The van der Waals surface area contributed by atoms with Crippen molar-refractivity contribution in [1.82, 2.24) is 4.90 Å². The van der Waals surface area contributed by atoms with E-state index in [-0.39, 0.29) is 22.6 Å². The number of hydrogen-bond donors (Lipinski definition) is 1. The summed E-state index contributed by atoms with van der Waals surface area (Å²) < 4.78 is 10.7. The number of Topliss-reactive ketones (excluding diaryl/α,β-unsaturated/α-hetero) is 1. The Bertz CT molecular complexity index is 1030. The molecule has 0 aliphatic carbocycles. The first-order valence-corrected chi connectivity index (χ1v) is 9.98. The van der Waals surface area contributed by atoms with Crippen LogP contribution in [0.2, 0.25) is 5.02 Å². The maximum absolute atomic E-state index is 13.0. The van der Waals surface area contributed by atoms with Crippen LogP contribution in [0, 0.1) is 6.92 Å². The number of carbonyl (C=O) groups excluding carboxylic acids is 2. The van der Waals surface area contributed by atoms with Gasteiger partial charge < -0.3 is 19.5 Å². The maximum atomic E-state index is 13.0. The number of ether oxygens (including phenoxy) is 2. The predicted molar refractivity (Wildman–Crippen MR) is 115 cm³/mol. The summed E-state index contributed by atoms with van der Waals surface area (Å²) >= 11 is 6.28. The summed E-state index contributed by atoms with van der Waals surface area (Å²) in [7, 11) is 2.98. The van der Waals surface area contributed by atoms with Gasteiger partial charge in [0.25, 0.3) is 11.7 Å². The van der Waals surface area contributed by atoms with Crippen LogP contribution >= 0.6 is 11.6 Å². The molecule has 1 atom stereocenters. The summed E-state index contributed by atoms with van der Waals surface area (Å²) in [6.07, 6.45) is 0.660. The summed E-state index contributed by atoms with van der Waals surface area (Å²) in [6, 6.07) is 9.75. The number of aliphatic hydroxyl groups is 1. The zero-order valence-electron chi connectivity index (χ0n) is 17.4. The van der Waals surface area contributed by atoms with Crippen LogP contribution in [0.4, 0.5) is 0 Å². The Morgan fingerprint density at radius 2 is 1.90 bits per heavy atom. The van der Waals surface area contributed by atoms with Gasteiger partial charge in [-0.3, -0.25) is 9.59 Å². The summed E-state index contributed by atoms with van der Waals surface area (Å²) in [6.45, 7) is 4.11. The van der Waals surface area contributed by atoms with Gasteiger partial charge >= 0.3 is 0 Å². The minimum atomic E-state index is -0.746. The van der Waals surface area contributed by atoms with Crippen molar-refractivity contribution in [1.29, 1.82) is 0 Å². The van der Waals surface area contributed by atoms with E-state index in [0.29, 0.717) is 29.3 Å². The second-order valence-electron chi connectivity index (χ2n) is 7.10. The standard InChI is InChI=1S/C23H24ClNO5/c1-5-9-25-19(14-7-6-8-15(12-14)29-3)18(21(27)23(25)28)20(26)16-10-13(2)11-17(24)22(16)30-4/h6-8,10-12,19,26H,5,9H2,1-4H3/b20-18+. The third kappa shape index (κ3) is 3.75. The van der Waals surface area contributed by atoms with Crippen molar-refractivity contribution < 1.29 is 24.2 Å². The van der Waals surface area contributed by atoms with Crippen LogP contribution in [-0.2, 0) is 9.59 Å². The van der Waals surface area contributed by atoms with E-state index in [1.165, 1.54) is 12.0 Å². The highest BCUT2D eigenvalue weighted by Gasteiger charge is 2.46. The highest BCUT2D eigenvalue weighted by molar-refractivity contribution is 6.46. The lowest BCUT2D eigenvalue weighted by atomic mass is 9.94. The molecule has 3 rings (SSSR count). The van der Waals surface area contributed by atoms with Gasteiger partial charge in [-0.05, 0) is 48.7 Å². The largest absolute Gasteiger partial charge is 0.507 e. The molecule has 1 heterocycles. The number of methoxy groups -OCH3 is 2. The van der Waals surface area contributed by atoms with E-state index >= 15 is 0 Å². The number of rotatable bonds is 6. The minimum absolute atomic E-state index is 0.00155. The molecule has 0 radical (unpaired) electrons. The molecule has 1 N–H and O–H groups in total. The maximum Gasteiger partial charge on any atom is 0.295 e. The molecule has 1 fully saturated rings. The van der Waals surface area contributed by atoms with Crippen molar-refractivity contribution in [3.05, 3.63) is 63.7 Å². The van der Waals surface area contributed by atoms with Gasteiger partial charge in [0.15, 0.2) is 0 Å². The highest BCUT2D eigenvalue weighted by atomic mass is 35.5. The molecular formula is C23H24ClNO5. The molecule has 6 nitrogen and oxygen atoms in total. The van der Waals surface area contributed by atoms with Crippen LogP contribution in [0.3, 0.4) is 0 Å². The third-order valence-corrected chi connectivity index (χ3v) is 5.34. The molecule has 0 aromatic heterocycles. The molecule has 158 valence electrons. The Kier molecular flexibility index (Phi) is 6.37. The van der Waals surface area contributed by atoms with Gasteiger partial charge in [0, 0.05) is 6.54 Å². The summed E-state index contributed by atoms with van der Waals surface area (Å²) in [5.41, 5.74) is 1.72. The first-order valence-electron chi connectivity index (χ1n) is 9.60. The Morgan fingerprint density at radius 1 is 1.17 bits per heavy atom. The monoisotopic (exact) mass is 429 g/mol. The van der Waals surface area contributed by atoms with Crippen LogP contribution in [0.5, 0.6) is 11.5 Å². The van der Waals surface area contributed by atoms with Gasteiger partial charge in [0.1, 0.15) is 17.3 Å². The Labute approximate surface area is 180 Å². The van der Waals surface area contributed by atoms with E-state index in [2.05, 4.69) is 0 Å². The summed E-state index contributed by atoms with van der Waals surface area (Å²) in [4.78, 5) is 27.3. The van der Waals surface area contributed by atoms with Gasteiger partial charge in [-0.1, -0.05) is 30.7 Å². The van der Waals surface area contributed by atoms with E-state index in [1.54, 1.807) is 43.5 Å². The molecule has 30 heavy (non-hydrogen) atoms. The Balaban J connectivity index is 2.29. The van der Waals surface area contributed by atoms with Crippen LogP contribution < -0.4 is 9.47 Å². The van der Waals surface area contributed by atoms with Crippen molar-refractivity contribution in [2.45, 2.75) is 26.3 Å². The predicted octanol–water partition coefficient (Wildman–Crippen LogP) is 4.50. The zero-order valence-corrected chi connectivity index (χ0v) is 18.1. The molecule has 1 amide bonds. The van der Waals surface area contributed by atoms with Gasteiger partial charge in [-0.15, -0.1) is 0 Å². The van der Waals surface area contributed by atoms with E-state index in [0.717, 1.165) is 5.56 Å². The molecule has 1 aliphatic rings. The molecule has 2 aromatic rings. The van der Waals surface area contributed by atoms with Gasteiger partial charge in [0.05, 0.1) is 36.4 Å². The lowest BCUT2D eigenvalue weighted by molar-refractivity contribution is -0.139. The molecule has 1 saturated heterocycles. The first-order chi connectivity index (χ1) is 14.3. The second-order valence-corrected chi connectivity index (χ2v) is 7.50. The molecule has 7 heteroatoms. The number of carbonyl (C=O) groups is 2. The van der Waals surface area contributed by atoms with Crippen molar-refractivity contribution in [2.24, 2.45) is 0 Å². The fourth-order valence-corrected chi connectivity index (χ4v) is 4.12. The minimum Gasteiger partial charge on any atom is -0.507 e. The topological polar surface area (TPSA) is 76.1 Å². The number of amides is 1. The van der Waals surface area contributed by atoms with Crippen molar-refractivity contribution in [2.75, 3.05) is 20.8 Å². The van der Waals surface area contributed by atoms with Crippen molar-refractivity contribution >= 4 is 29.1 Å². The van der Waals surface area contributed by atoms with E-state index in [1.807, 2.05) is 13.8 Å². The smallest absolute Gasteiger partial charge is 0.295 e. The molecule has 1 aliphatic heterocycles. The molecule has 0 spiro atoms. The second kappa shape index (κ2) is 8.79. The normalized spacial score (nSPS) is 18.0. The quantitative estimate of drug-likeness (QED) is 0.415. The molecule has 1 unspecified atom stereocenters. The van der Waals surface area contributed by atoms with Crippen LogP contribution in [0.1, 0.15) is 36.1 Å². The van der Waals surface area contributed by atoms with Crippen molar-refractivity contribution in [3.8, 4) is 11.5 Å². The molecule has 0 saturated carbocycles. The number of nitrogens with zero attached hydrogens (tertiary/aromatic N) is 1. The van der Waals surface area contributed by atoms with Gasteiger partial charge in [-0.25, -0.2) is 0 Å². The average Bonchev–Trinajstić information content (AvgIpc) is 2.98. The van der Waals surface area contributed by atoms with Crippen LogP contribution in [-0.4, -0.2) is 42.5 Å².